The maximum Gasteiger partial charge on any atom is 0.160 e. The van der Waals surface area contributed by atoms with Crippen LogP contribution in [-0.2, 0) is 9.47 Å². The van der Waals surface area contributed by atoms with Gasteiger partial charge in [-0.2, -0.15) is 0 Å². The smallest absolute Gasteiger partial charge is 0.160 e. The summed E-state index contributed by atoms with van der Waals surface area (Å²) in [6.07, 6.45) is 5.67. The van der Waals surface area contributed by atoms with Gasteiger partial charge in [-0.25, -0.2) is 4.99 Å². The molecule has 0 bridgehead atoms. The maximum atomic E-state index is 5.87. The summed E-state index contributed by atoms with van der Waals surface area (Å²) >= 11 is 0. The Labute approximate surface area is 128 Å². The number of ether oxygens (including phenoxy) is 2. The van der Waals surface area contributed by atoms with Crippen molar-refractivity contribution >= 4 is 5.84 Å². The van der Waals surface area contributed by atoms with Gasteiger partial charge >= 0.3 is 0 Å². The number of nitrogens with one attached hydrogen (secondary N) is 1. The first-order valence-corrected chi connectivity index (χ1v) is 7.83. The lowest BCUT2D eigenvalue weighted by molar-refractivity contribution is 0.138. The minimum atomic E-state index is 0.448. The second-order valence-corrected chi connectivity index (χ2v) is 5.27. The number of nitrogens with two attached hydrogens (primary N) is 1. The summed E-state index contributed by atoms with van der Waals surface area (Å²) in [4.78, 5) is 4.21. The van der Waals surface area contributed by atoms with E-state index in [1.807, 2.05) is 6.92 Å². The van der Waals surface area contributed by atoms with Crippen LogP contribution in [0.1, 0.15) is 39.5 Å². The molecule has 0 aromatic carbocycles. The maximum absolute atomic E-state index is 5.87. The zero-order valence-electron chi connectivity index (χ0n) is 13.4. The van der Waals surface area contributed by atoms with Crippen molar-refractivity contribution in [1.29, 1.82) is 0 Å². The largest absolute Gasteiger partial charge is 0.489 e. The molecule has 5 heteroatoms. The first kappa shape index (κ1) is 17.6. The Kier molecular flexibility index (Phi) is 8.59. The number of hydrogen-bond donors (Lipinski definition) is 2. The van der Waals surface area contributed by atoms with Gasteiger partial charge in [0.15, 0.2) is 5.76 Å². The Balaban J connectivity index is 2.57. The summed E-state index contributed by atoms with van der Waals surface area (Å²) in [6, 6.07) is 0. The molecule has 0 amide bonds. The van der Waals surface area contributed by atoms with Crippen molar-refractivity contribution < 1.29 is 9.47 Å². The number of amidine groups is 1. The third-order valence-electron chi connectivity index (χ3n) is 3.37. The quantitative estimate of drug-likeness (QED) is 0.214. The molecule has 5 nitrogen and oxygen atoms in total. The van der Waals surface area contributed by atoms with E-state index < -0.39 is 0 Å². The first-order valence-electron chi connectivity index (χ1n) is 7.83. The minimum Gasteiger partial charge on any atom is -0.489 e. The molecule has 1 aliphatic rings. The van der Waals surface area contributed by atoms with Gasteiger partial charge in [0.05, 0.1) is 30.9 Å². The van der Waals surface area contributed by atoms with Gasteiger partial charge in [0.2, 0.25) is 0 Å². The molecule has 1 rings (SSSR count). The lowest BCUT2D eigenvalue weighted by Gasteiger charge is -2.16. The van der Waals surface area contributed by atoms with E-state index in [1.54, 1.807) is 6.20 Å². The molecule has 3 N–H and O–H groups in total. The molecule has 0 aromatic heterocycles. The van der Waals surface area contributed by atoms with Crippen molar-refractivity contribution in [3.05, 3.63) is 24.2 Å². The third kappa shape index (κ3) is 7.18. The van der Waals surface area contributed by atoms with Crippen LogP contribution in [0.5, 0.6) is 0 Å². The average molecular weight is 295 g/mol. The van der Waals surface area contributed by atoms with Crippen molar-refractivity contribution in [2.24, 2.45) is 16.6 Å². The van der Waals surface area contributed by atoms with Gasteiger partial charge in [-0.3, -0.25) is 0 Å². The van der Waals surface area contributed by atoms with Crippen LogP contribution in [0, 0.1) is 5.92 Å². The third-order valence-corrected chi connectivity index (χ3v) is 3.37. The van der Waals surface area contributed by atoms with Crippen molar-refractivity contribution in [2.45, 2.75) is 39.5 Å². The van der Waals surface area contributed by atoms with Gasteiger partial charge in [-0.15, -0.1) is 0 Å². The molecule has 1 aliphatic heterocycles. The van der Waals surface area contributed by atoms with Gasteiger partial charge in [0.1, 0.15) is 0 Å². The molecule has 1 saturated heterocycles. The molecule has 1 unspecified atom stereocenters. The van der Waals surface area contributed by atoms with Crippen molar-refractivity contribution in [3.63, 3.8) is 0 Å². The van der Waals surface area contributed by atoms with Gasteiger partial charge in [-0.1, -0.05) is 26.8 Å². The van der Waals surface area contributed by atoms with Gasteiger partial charge in [0, 0.05) is 25.5 Å². The van der Waals surface area contributed by atoms with E-state index in [0.717, 1.165) is 51.1 Å². The lowest BCUT2D eigenvalue weighted by atomic mass is 10.1. The molecule has 1 fully saturated rings. The van der Waals surface area contributed by atoms with Crippen molar-refractivity contribution in [3.8, 4) is 0 Å². The van der Waals surface area contributed by atoms with Crippen molar-refractivity contribution in [1.82, 2.24) is 5.32 Å². The SMILES string of the molecule is C=C(NCCCC)/C(=C\N=C(\N)CC)OCC1CCOC1. The molecule has 0 aliphatic carbocycles. The summed E-state index contributed by atoms with van der Waals surface area (Å²) in [6.45, 7) is 11.3. The van der Waals surface area contributed by atoms with Gasteiger partial charge in [0.25, 0.3) is 0 Å². The number of unbranched alkanes of at least 4 members (excludes halogenated alkanes) is 1. The molecule has 0 aromatic rings. The van der Waals surface area contributed by atoms with E-state index in [-0.39, 0.29) is 0 Å². The van der Waals surface area contributed by atoms with Crippen molar-refractivity contribution in [2.75, 3.05) is 26.4 Å². The summed E-state index contributed by atoms with van der Waals surface area (Å²) in [7, 11) is 0. The lowest BCUT2D eigenvalue weighted by Crippen LogP contribution is -2.19. The molecule has 0 spiro atoms. The summed E-state index contributed by atoms with van der Waals surface area (Å²) in [5.41, 5.74) is 6.50. The van der Waals surface area contributed by atoms with E-state index in [9.17, 15) is 0 Å². The van der Waals surface area contributed by atoms with Crippen LogP contribution < -0.4 is 11.1 Å². The average Bonchev–Trinajstić information content (AvgIpc) is 3.00. The number of rotatable bonds is 10. The Bertz CT molecular complexity index is 372. The highest BCUT2D eigenvalue weighted by molar-refractivity contribution is 5.80. The molecule has 0 radical (unpaired) electrons. The van der Waals surface area contributed by atoms with Crippen LogP contribution in [0.2, 0.25) is 0 Å². The van der Waals surface area contributed by atoms with Crippen LogP contribution in [0.25, 0.3) is 0 Å². The Hall–Kier alpha value is -1.49. The predicted molar refractivity (Wildman–Crippen MR) is 86.9 cm³/mol. The van der Waals surface area contributed by atoms with Crippen LogP contribution in [0.3, 0.4) is 0 Å². The zero-order valence-corrected chi connectivity index (χ0v) is 13.4. The molecule has 1 heterocycles. The fraction of sp³-hybridized carbons (Fsp3) is 0.688. The first-order chi connectivity index (χ1) is 10.2. The summed E-state index contributed by atoms with van der Waals surface area (Å²) in [5, 5.41) is 3.27. The second-order valence-electron chi connectivity index (χ2n) is 5.27. The highest BCUT2D eigenvalue weighted by Gasteiger charge is 2.17. The van der Waals surface area contributed by atoms with E-state index in [0.29, 0.717) is 24.1 Å². The molecule has 0 saturated carbocycles. The fourth-order valence-corrected chi connectivity index (χ4v) is 1.86. The number of nitrogens with zero attached hydrogens (tertiary/aromatic N) is 1. The van der Waals surface area contributed by atoms with E-state index in [4.69, 9.17) is 15.2 Å². The normalized spacial score (nSPS) is 19.6. The van der Waals surface area contributed by atoms with Crippen LogP contribution in [-0.4, -0.2) is 32.2 Å². The standard InChI is InChI=1S/C16H29N3O2/c1-4-6-8-18-13(3)15(10-19-16(17)5-2)21-12-14-7-9-20-11-14/h10,14,18H,3-9,11-12H2,1-2H3,(H2,17,19)/b15-10+. The Morgan fingerprint density at radius 3 is 2.95 bits per heavy atom. The van der Waals surface area contributed by atoms with Crippen LogP contribution >= 0.6 is 0 Å². The highest BCUT2D eigenvalue weighted by atomic mass is 16.5. The van der Waals surface area contributed by atoms with E-state index >= 15 is 0 Å². The monoisotopic (exact) mass is 295 g/mol. The van der Waals surface area contributed by atoms with E-state index in [2.05, 4.69) is 23.8 Å². The molecule has 21 heavy (non-hydrogen) atoms. The number of hydrogen-bond acceptors (Lipinski definition) is 4. The highest BCUT2D eigenvalue weighted by Crippen LogP contribution is 2.16. The Morgan fingerprint density at radius 1 is 1.52 bits per heavy atom. The minimum absolute atomic E-state index is 0.448. The van der Waals surface area contributed by atoms with E-state index in [1.165, 1.54) is 0 Å². The van der Waals surface area contributed by atoms with Crippen LogP contribution in [0.15, 0.2) is 29.2 Å². The Morgan fingerprint density at radius 2 is 2.33 bits per heavy atom. The molecule has 1 atom stereocenters. The topological polar surface area (TPSA) is 68.9 Å². The predicted octanol–water partition coefficient (Wildman–Crippen LogP) is 2.55. The summed E-state index contributed by atoms with van der Waals surface area (Å²) < 4.78 is 11.2. The van der Waals surface area contributed by atoms with Gasteiger partial charge in [-0.05, 0) is 12.8 Å². The molecular formula is C16H29N3O2. The fourth-order valence-electron chi connectivity index (χ4n) is 1.86. The molecular weight excluding hydrogens is 266 g/mol. The second kappa shape index (κ2) is 10.3. The number of aliphatic imine (C=N–C) groups is 1. The summed E-state index contributed by atoms with van der Waals surface area (Å²) in [5.74, 6) is 1.69. The van der Waals surface area contributed by atoms with Gasteiger partial charge < -0.3 is 20.5 Å². The van der Waals surface area contributed by atoms with Crippen LogP contribution in [0.4, 0.5) is 0 Å². The molecule has 120 valence electrons. The zero-order chi connectivity index (χ0) is 15.5.